The van der Waals surface area contributed by atoms with E-state index in [-0.39, 0.29) is 88.6 Å². The van der Waals surface area contributed by atoms with Crippen molar-refractivity contribution >= 4 is 54.8 Å². The first-order valence-corrected chi connectivity index (χ1v) is 19.2. The molecule has 16 nitrogen and oxygen atoms in total. The zero-order valence-corrected chi connectivity index (χ0v) is 34.3. The number of aromatic hydroxyl groups is 2. The Morgan fingerprint density at radius 1 is 0.906 bits per heavy atom. The van der Waals surface area contributed by atoms with Gasteiger partial charge in [-0.25, -0.2) is 0 Å². The minimum absolute atomic E-state index is 0. The van der Waals surface area contributed by atoms with Crippen LogP contribution in [0.4, 0.5) is 0 Å². The Hall–Kier alpha value is -1.96. The number of rotatable bonds is 12. The summed E-state index contributed by atoms with van der Waals surface area (Å²) in [7, 11) is -10.9. The summed E-state index contributed by atoms with van der Waals surface area (Å²) in [6.45, 7) is 3.78. The zero-order chi connectivity index (χ0) is 35.1. The average molecular weight is 835 g/mol. The number of phenolic OH excluding ortho intramolecular Hbond substituents is 2. The fourth-order valence-corrected chi connectivity index (χ4v) is 8.69. The summed E-state index contributed by atoms with van der Waals surface area (Å²) >= 11 is 1.46. The Balaban J connectivity index is 0. The number of piperidine rings is 1. The normalized spacial score (nSPS) is 14.8. The van der Waals surface area contributed by atoms with Gasteiger partial charge in [-0.2, -0.15) is 0 Å². The van der Waals surface area contributed by atoms with E-state index in [1.54, 1.807) is 42.5 Å². The molecule has 1 aromatic heterocycles. The third-order valence-electron chi connectivity index (χ3n) is 7.91. The molecule has 21 heteroatoms. The maximum atomic E-state index is 13.6. The topological polar surface area (TPSA) is 329 Å². The number of ketones is 1. The molecular formula is C32H46ClN2NaO14P2S. The molecule has 0 aliphatic carbocycles. The third-order valence-corrected chi connectivity index (χ3v) is 12.9. The Morgan fingerprint density at radius 2 is 1.47 bits per heavy atom. The second kappa shape index (κ2) is 23.2. The summed E-state index contributed by atoms with van der Waals surface area (Å²) < 4.78 is 28.0. The van der Waals surface area contributed by atoms with Gasteiger partial charge in [0.2, 0.25) is 5.08 Å². The number of carbonyl (C=O) groups excluding carboxylic acids is 1. The summed E-state index contributed by atoms with van der Waals surface area (Å²) in [5, 5.41) is 26.2. The molecule has 0 radical (unpaired) electrons. The van der Waals surface area contributed by atoms with Crippen LogP contribution in [0.2, 0.25) is 0 Å². The van der Waals surface area contributed by atoms with E-state index in [9.17, 15) is 34.1 Å². The van der Waals surface area contributed by atoms with Gasteiger partial charge in [-0.1, -0.05) is 6.42 Å². The first kappa shape index (κ1) is 53.1. The van der Waals surface area contributed by atoms with Crippen molar-refractivity contribution in [3.63, 3.8) is 0 Å². The van der Waals surface area contributed by atoms with Gasteiger partial charge in [-0.3, -0.25) is 14.3 Å². The van der Waals surface area contributed by atoms with Gasteiger partial charge in [0.1, 0.15) is 23.9 Å². The van der Waals surface area contributed by atoms with Crippen molar-refractivity contribution in [1.29, 1.82) is 0 Å². The molecule has 53 heavy (non-hydrogen) atoms. The number of ether oxygens (including phenoxy) is 1. The molecule has 292 valence electrons. The predicted molar refractivity (Wildman–Crippen MR) is 199 cm³/mol. The molecule has 14 N–H and O–H groups in total. The van der Waals surface area contributed by atoms with E-state index in [2.05, 4.69) is 4.90 Å². The molecular weight excluding hydrogens is 789 g/mol. The number of nitrogens with two attached hydrogens (primary N) is 1. The average Bonchev–Trinajstić information content (AvgIpc) is 3.42. The Bertz CT molecular complexity index is 1780. The number of halogens is 1. The van der Waals surface area contributed by atoms with Crippen molar-refractivity contribution in [1.82, 2.24) is 4.90 Å². The molecule has 0 saturated carbocycles. The zero-order valence-electron chi connectivity index (χ0n) is 28.9. The number of thiophene rings is 1. The molecule has 1 aliphatic rings. The van der Waals surface area contributed by atoms with E-state index in [0.29, 0.717) is 17.7 Å². The fourth-order valence-electron chi connectivity index (χ4n) is 5.24. The molecule has 4 aromatic rings. The maximum absolute atomic E-state index is 13.6. The van der Waals surface area contributed by atoms with Crippen LogP contribution in [0.5, 0.6) is 17.2 Å². The number of likely N-dealkylation sites (tertiary alicyclic amines) is 1. The van der Waals surface area contributed by atoms with E-state index in [4.69, 9.17) is 25.2 Å². The van der Waals surface area contributed by atoms with Crippen LogP contribution in [0.3, 0.4) is 0 Å². The smallest absolute Gasteiger partial charge is 0.776 e. The standard InChI is InChI=1S/C28H27NO4S.C4H13NO7P2.ClH.Na.3H2O/c30-21-8-4-20(5-9-21)28-26(24-13-10-22(31)18-25(24)34-28)27(32)19-6-11-23(12-7-19)33-17-16-29-14-2-1-3-15-29;5-3-1-2-4(6,13(7,8)9)14(10,11)12;;;;;/h4-13,18,30-31H,1-3,14-17H2;6H,1-3,5H2,(H2,7,8,9)(H2,10,11,12);1H;;3*1H2/q;;;+1;;;/p-1. The Morgan fingerprint density at radius 3 is 2.00 bits per heavy atom. The predicted octanol–water partition coefficient (Wildman–Crippen LogP) is -0.878. The molecule has 2 unspecified atom stereocenters. The van der Waals surface area contributed by atoms with Gasteiger partial charge in [0.25, 0.3) is 0 Å². The number of phenols is 2. The van der Waals surface area contributed by atoms with E-state index >= 15 is 0 Å². The summed E-state index contributed by atoms with van der Waals surface area (Å²) in [5.41, 5.74) is 7.01. The quantitative estimate of drug-likeness (QED) is 0.0519. The molecule has 0 bridgehead atoms. The van der Waals surface area contributed by atoms with Crippen molar-refractivity contribution in [3.05, 3.63) is 77.9 Å². The molecule has 1 aliphatic heterocycles. The largest absolute Gasteiger partial charge is 1.00 e. The monoisotopic (exact) mass is 834 g/mol. The maximum Gasteiger partial charge on any atom is 1.00 e. The van der Waals surface area contributed by atoms with Crippen LogP contribution in [0, 0.1) is 0 Å². The number of aliphatic hydroxyl groups is 1. The van der Waals surface area contributed by atoms with Gasteiger partial charge in [0, 0.05) is 32.6 Å². The van der Waals surface area contributed by atoms with Gasteiger partial charge < -0.3 is 66.4 Å². The molecule has 2 atom stereocenters. The Labute approximate surface area is 338 Å². The second-order valence-electron chi connectivity index (χ2n) is 11.4. The number of carbonyl (C=O) groups is 1. The minimum atomic E-state index is -5.55. The van der Waals surface area contributed by atoms with E-state index < -0.39 is 26.7 Å². The molecule has 5 rings (SSSR count). The number of nitrogens with zero attached hydrogens (tertiary/aromatic N) is 1. The summed E-state index contributed by atoms with van der Waals surface area (Å²) in [6, 6.07) is 19.2. The van der Waals surface area contributed by atoms with Crippen molar-refractivity contribution in [3.8, 4) is 27.7 Å². The van der Waals surface area contributed by atoms with Gasteiger partial charge in [-0.05, 0) is 118 Å². The molecule has 1 fully saturated rings. The van der Waals surface area contributed by atoms with Crippen LogP contribution >= 0.6 is 38.9 Å². The molecule has 0 amide bonds. The number of benzene rings is 3. The molecule has 2 heterocycles. The van der Waals surface area contributed by atoms with Gasteiger partial charge in [0.05, 0.1) is 0 Å². The fraction of sp³-hybridized carbons (Fsp3) is 0.344. The summed E-state index contributed by atoms with van der Waals surface area (Å²) in [4.78, 5) is 53.2. The molecule has 1 saturated heterocycles. The van der Waals surface area contributed by atoms with E-state index in [1.807, 2.05) is 24.3 Å². The van der Waals surface area contributed by atoms with Crippen LogP contribution < -0.4 is 44.9 Å². The number of hydrogen-bond acceptors (Lipinski definition) is 11. The van der Waals surface area contributed by atoms with Crippen LogP contribution in [0.1, 0.15) is 48.0 Å². The van der Waals surface area contributed by atoms with Crippen LogP contribution in [-0.2, 0) is 9.13 Å². The van der Waals surface area contributed by atoms with Crippen molar-refractivity contribution < 1.29 is 99.5 Å². The van der Waals surface area contributed by atoms with E-state index in [0.717, 1.165) is 45.9 Å². The Kier molecular flexibility index (Phi) is 23.3. The van der Waals surface area contributed by atoms with Crippen molar-refractivity contribution in [2.75, 3.05) is 32.8 Å². The summed E-state index contributed by atoms with van der Waals surface area (Å²) in [5.74, 6) is 1.01. The third kappa shape index (κ3) is 13.6. The summed E-state index contributed by atoms with van der Waals surface area (Å²) in [6.07, 6.45) is 2.89. The molecule has 0 spiro atoms. The van der Waals surface area contributed by atoms with Gasteiger partial charge >= 0.3 is 37.2 Å². The SMILES string of the molecule is Cl.NCCCC(O)(P(=O)([O-])O)P(=O)(O)O.O.O.O.O=C(c1ccc(OCCN2CCCCC2)cc1)c1c(-c2ccc(O)cc2)sc2cc(O)ccc12.[Na+]. The van der Waals surface area contributed by atoms with Crippen LogP contribution in [-0.4, -0.2) is 95.0 Å². The van der Waals surface area contributed by atoms with Gasteiger partial charge in [0.15, 0.2) is 13.4 Å². The number of fused-ring (bicyclic) bond motifs is 1. The van der Waals surface area contributed by atoms with E-state index in [1.165, 1.54) is 30.6 Å². The number of hydrogen-bond donors (Lipinski definition) is 7. The minimum Gasteiger partial charge on any atom is -0.776 e. The van der Waals surface area contributed by atoms with Crippen molar-refractivity contribution in [2.45, 2.75) is 37.2 Å². The second-order valence-corrected chi connectivity index (χ2v) is 16.4. The van der Waals surface area contributed by atoms with Crippen LogP contribution in [0.15, 0.2) is 66.7 Å². The van der Waals surface area contributed by atoms with Crippen LogP contribution in [0.25, 0.3) is 20.5 Å². The molecule has 3 aromatic carbocycles. The van der Waals surface area contributed by atoms with Crippen molar-refractivity contribution in [2.24, 2.45) is 5.73 Å². The van der Waals surface area contributed by atoms with Gasteiger partial charge in [-0.15, -0.1) is 23.7 Å². The first-order chi connectivity index (χ1) is 22.6. The first-order valence-electron chi connectivity index (χ1n) is 15.2.